The van der Waals surface area contributed by atoms with Crippen LogP contribution in [0, 0.1) is 5.82 Å². The lowest BCUT2D eigenvalue weighted by Crippen LogP contribution is -2.08. The lowest BCUT2D eigenvalue weighted by molar-refractivity contribution is 0.629. The van der Waals surface area contributed by atoms with E-state index in [1.165, 1.54) is 12.1 Å². The molecule has 1 aromatic heterocycles. The number of H-pyrrole nitrogens is 1. The zero-order valence-corrected chi connectivity index (χ0v) is 8.26. The number of aromatic amines is 1. The van der Waals surface area contributed by atoms with Crippen LogP contribution in [0.1, 0.15) is 18.2 Å². The van der Waals surface area contributed by atoms with Gasteiger partial charge in [0.2, 0.25) is 0 Å². The number of hydrogen-bond acceptors (Lipinski definition) is 2. The summed E-state index contributed by atoms with van der Waals surface area (Å²) < 4.78 is 13.0. The molecular formula is C11H12FN3. The SMILES string of the molecule is Fc1ccc2nc([C@H]3CCNC3)[nH]c2c1. The van der Waals surface area contributed by atoms with E-state index in [1.807, 2.05) is 0 Å². The number of fused-ring (bicyclic) bond motifs is 1. The van der Waals surface area contributed by atoms with Gasteiger partial charge >= 0.3 is 0 Å². The summed E-state index contributed by atoms with van der Waals surface area (Å²) in [6.45, 7) is 2.00. The predicted molar refractivity (Wildman–Crippen MR) is 56.3 cm³/mol. The van der Waals surface area contributed by atoms with Crippen molar-refractivity contribution in [1.29, 1.82) is 0 Å². The summed E-state index contributed by atoms with van der Waals surface area (Å²) in [7, 11) is 0. The fourth-order valence-electron chi connectivity index (χ4n) is 2.08. The molecule has 2 N–H and O–H groups in total. The highest BCUT2D eigenvalue weighted by molar-refractivity contribution is 5.75. The Hall–Kier alpha value is -1.42. The van der Waals surface area contributed by atoms with Crippen LogP contribution >= 0.6 is 0 Å². The highest BCUT2D eigenvalue weighted by atomic mass is 19.1. The van der Waals surface area contributed by atoms with Crippen LogP contribution in [0.25, 0.3) is 11.0 Å². The lowest BCUT2D eigenvalue weighted by Gasteiger charge is -2.01. The molecule has 0 saturated carbocycles. The van der Waals surface area contributed by atoms with Crippen molar-refractivity contribution in [3.05, 3.63) is 29.8 Å². The van der Waals surface area contributed by atoms with Crippen LogP contribution in [0.5, 0.6) is 0 Å². The quantitative estimate of drug-likeness (QED) is 0.745. The number of benzene rings is 1. The largest absolute Gasteiger partial charge is 0.342 e. The van der Waals surface area contributed by atoms with Gasteiger partial charge in [0, 0.05) is 12.5 Å². The molecule has 4 heteroatoms. The minimum absolute atomic E-state index is 0.220. The van der Waals surface area contributed by atoms with Crippen molar-refractivity contribution in [1.82, 2.24) is 15.3 Å². The predicted octanol–water partition coefficient (Wildman–Crippen LogP) is 1.78. The van der Waals surface area contributed by atoms with E-state index in [0.717, 1.165) is 36.4 Å². The second-order valence-corrected chi connectivity index (χ2v) is 3.97. The molecule has 2 heterocycles. The number of nitrogens with zero attached hydrogens (tertiary/aromatic N) is 1. The van der Waals surface area contributed by atoms with Crippen LogP contribution < -0.4 is 5.32 Å². The summed E-state index contributed by atoms with van der Waals surface area (Å²) in [5.74, 6) is 1.20. The average Bonchev–Trinajstić information content (AvgIpc) is 2.84. The zero-order valence-electron chi connectivity index (χ0n) is 8.26. The summed E-state index contributed by atoms with van der Waals surface area (Å²) in [6.07, 6.45) is 1.10. The maximum Gasteiger partial charge on any atom is 0.125 e. The van der Waals surface area contributed by atoms with Crippen molar-refractivity contribution in [2.75, 3.05) is 13.1 Å². The van der Waals surface area contributed by atoms with Gasteiger partial charge in [-0.05, 0) is 31.2 Å². The van der Waals surface area contributed by atoms with Crippen LogP contribution in [0.2, 0.25) is 0 Å². The molecule has 1 saturated heterocycles. The molecule has 3 rings (SSSR count). The molecule has 1 aromatic carbocycles. The van der Waals surface area contributed by atoms with Gasteiger partial charge in [-0.2, -0.15) is 0 Å². The fourth-order valence-corrected chi connectivity index (χ4v) is 2.08. The number of imidazole rings is 1. The van der Waals surface area contributed by atoms with Gasteiger partial charge in [0.1, 0.15) is 11.6 Å². The highest BCUT2D eigenvalue weighted by Gasteiger charge is 2.19. The summed E-state index contributed by atoms with van der Waals surface area (Å²) in [5, 5.41) is 3.29. The topological polar surface area (TPSA) is 40.7 Å². The number of aromatic nitrogens is 2. The molecular weight excluding hydrogens is 193 g/mol. The van der Waals surface area contributed by atoms with Crippen molar-refractivity contribution >= 4 is 11.0 Å². The summed E-state index contributed by atoms with van der Waals surface area (Å²) in [5.41, 5.74) is 1.63. The standard InChI is InChI=1S/C11H12FN3/c12-8-1-2-9-10(5-8)15-11(14-9)7-3-4-13-6-7/h1-2,5,7,13H,3-4,6H2,(H,14,15)/t7-/m0/s1. The third-order valence-electron chi connectivity index (χ3n) is 2.91. The first-order chi connectivity index (χ1) is 7.33. The highest BCUT2D eigenvalue weighted by Crippen LogP contribution is 2.22. The lowest BCUT2D eigenvalue weighted by atomic mass is 10.1. The Morgan fingerprint density at radius 1 is 1.40 bits per heavy atom. The fraction of sp³-hybridized carbons (Fsp3) is 0.364. The van der Waals surface area contributed by atoms with Gasteiger partial charge in [-0.25, -0.2) is 9.37 Å². The minimum Gasteiger partial charge on any atom is -0.342 e. The molecule has 1 atom stereocenters. The molecule has 2 aromatic rings. The molecule has 0 spiro atoms. The van der Waals surface area contributed by atoms with E-state index in [9.17, 15) is 4.39 Å². The van der Waals surface area contributed by atoms with Gasteiger partial charge < -0.3 is 10.3 Å². The Morgan fingerprint density at radius 3 is 3.13 bits per heavy atom. The summed E-state index contributed by atoms with van der Waals surface area (Å²) >= 11 is 0. The molecule has 1 fully saturated rings. The Kier molecular flexibility index (Phi) is 1.95. The Balaban J connectivity index is 2.05. The molecule has 0 radical (unpaired) electrons. The second-order valence-electron chi connectivity index (χ2n) is 3.97. The Morgan fingerprint density at radius 2 is 2.33 bits per heavy atom. The maximum absolute atomic E-state index is 13.0. The van der Waals surface area contributed by atoms with Gasteiger partial charge in [0.05, 0.1) is 11.0 Å². The van der Waals surface area contributed by atoms with E-state index >= 15 is 0 Å². The Bertz CT molecular complexity index is 486. The zero-order chi connectivity index (χ0) is 10.3. The normalized spacial score (nSPS) is 21.3. The molecule has 15 heavy (non-hydrogen) atoms. The first-order valence-electron chi connectivity index (χ1n) is 5.19. The van der Waals surface area contributed by atoms with E-state index in [2.05, 4.69) is 15.3 Å². The van der Waals surface area contributed by atoms with Crippen molar-refractivity contribution < 1.29 is 4.39 Å². The van der Waals surface area contributed by atoms with Crippen molar-refractivity contribution in [2.24, 2.45) is 0 Å². The minimum atomic E-state index is -0.220. The van der Waals surface area contributed by atoms with Gasteiger partial charge in [-0.1, -0.05) is 0 Å². The van der Waals surface area contributed by atoms with Gasteiger partial charge in [-0.3, -0.25) is 0 Å². The van der Waals surface area contributed by atoms with E-state index in [-0.39, 0.29) is 5.82 Å². The first-order valence-corrected chi connectivity index (χ1v) is 5.19. The Labute approximate surface area is 86.7 Å². The van der Waals surface area contributed by atoms with Crippen molar-refractivity contribution in [2.45, 2.75) is 12.3 Å². The van der Waals surface area contributed by atoms with E-state index in [4.69, 9.17) is 0 Å². The smallest absolute Gasteiger partial charge is 0.125 e. The van der Waals surface area contributed by atoms with Gasteiger partial charge in [-0.15, -0.1) is 0 Å². The monoisotopic (exact) mass is 205 g/mol. The molecule has 0 aliphatic carbocycles. The third kappa shape index (κ3) is 1.51. The number of halogens is 1. The number of rotatable bonds is 1. The third-order valence-corrected chi connectivity index (χ3v) is 2.91. The summed E-state index contributed by atoms with van der Waals surface area (Å²) in [4.78, 5) is 7.66. The van der Waals surface area contributed by atoms with Crippen LogP contribution in [0.3, 0.4) is 0 Å². The van der Waals surface area contributed by atoms with Gasteiger partial charge in [0.15, 0.2) is 0 Å². The van der Waals surface area contributed by atoms with E-state index in [1.54, 1.807) is 6.07 Å². The van der Waals surface area contributed by atoms with E-state index in [0.29, 0.717) is 5.92 Å². The average molecular weight is 205 g/mol. The summed E-state index contributed by atoms with van der Waals surface area (Å²) in [6, 6.07) is 4.65. The van der Waals surface area contributed by atoms with Crippen molar-refractivity contribution in [3.8, 4) is 0 Å². The molecule has 1 aliphatic heterocycles. The van der Waals surface area contributed by atoms with Crippen LogP contribution in [0.4, 0.5) is 4.39 Å². The van der Waals surface area contributed by atoms with Gasteiger partial charge in [0.25, 0.3) is 0 Å². The van der Waals surface area contributed by atoms with Crippen LogP contribution in [-0.2, 0) is 0 Å². The molecule has 3 nitrogen and oxygen atoms in total. The molecule has 78 valence electrons. The number of nitrogens with one attached hydrogen (secondary N) is 2. The molecule has 0 bridgehead atoms. The molecule has 0 amide bonds. The van der Waals surface area contributed by atoms with Crippen molar-refractivity contribution in [3.63, 3.8) is 0 Å². The first kappa shape index (κ1) is 8.85. The van der Waals surface area contributed by atoms with E-state index < -0.39 is 0 Å². The maximum atomic E-state index is 13.0. The molecule has 1 aliphatic rings. The van der Waals surface area contributed by atoms with Crippen LogP contribution in [-0.4, -0.2) is 23.1 Å². The number of hydrogen-bond donors (Lipinski definition) is 2. The molecule has 0 unspecified atom stereocenters. The van der Waals surface area contributed by atoms with Crippen LogP contribution in [0.15, 0.2) is 18.2 Å². The second kappa shape index (κ2) is 3.31.